The molecule has 0 aromatic heterocycles. The number of aliphatic hydroxyl groups excluding tert-OH is 5. The van der Waals surface area contributed by atoms with Crippen LogP contribution in [0.4, 0.5) is 0 Å². The van der Waals surface area contributed by atoms with Crippen LogP contribution in [0.2, 0.25) is 0 Å². The van der Waals surface area contributed by atoms with Gasteiger partial charge in [-0.3, -0.25) is 4.79 Å². The van der Waals surface area contributed by atoms with Gasteiger partial charge in [0.15, 0.2) is 0 Å². The number of hydrogen-bond donors (Lipinski definition) is 5. The van der Waals surface area contributed by atoms with Crippen LogP contribution in [-0.4, -0.2) is 69.1 Å². The Morgan fingerprint density at radius 2 is 1.63 bits per heavy atom. The van der Waals surface area contributed by atoms with Crippen molar-refractivity contribution in [1.82, 2.24) is 0 Å². The fourth-order valence-corrected chi connectivity index (χ4v) is 9.06. The van der Waals surface area contributed by atoms with E-state index in [1.54, 1.807) is 0 Å². The van der Waals surface area contributed by atoms with Crippen LogP contribution in [0.15, 0.2) is 0 Å². The number of aliphatic hydroxyl groups is 5. The third kappa shape index (κ3) is 4.37. The van der Waals surface area contributed by atoms with E-state index in [0.717, 1.165) is 25.7 Å². The van der Waals surface area contributed by atoms with Gasteiger partial charge in [-0.1, -0.05) is 34.6 Å². The minimum atomic E-state index is -0.889. The number of rotatable bonds is 6. The van der Waals surface area contributed by atoms with Crippen molar-refractivity contribution in [3.8, 4) is 0 Å². The molecule has 0 amide bonds. The molecule has 4 fully saturated rings. The van der Waals surface area contributed by atoms with Gasteiger partial charge in [-0.25, -0.2) is 0 Å². The molecule has 35 heavy (non-hydrogen) atoms. The van der Waals surface area contributed by atoms with Crippen molar-refractivity contribution in [2.24, 2.45) is 58.2 Å². The van der Waals surface area contributed by atoms with Crippen LogP contribution in [0.5, 0.6) is 0 Å². The molecule has 7 nitrogen and oxygen atoms in total. The molecule has 0 aromatic rings. The van der Waals surface area contributed by atoms with Gasteiger partial charge in [-0.15, -0.1) is 0 Å². The molecule has 1 heterocycles. The van der Waals surface area contributed by atoms with E-state index >= 15 is 0 Å². The van der Waals surface area contributed by atoms with Gasteiger partial charge < -0.3 is 30.3 Å². The first kappa shape index (κ1) is 27.3. The summed E-state index contributed by atoms with van der Waals surface area (Å²) in [5.41, 5.74) is -0.421. The highest BCUT2D eigenvalue weighted by Gasteiger charge is 2.63. The SMILES string of the molecule is CC(CO)C(C)C(O)C(O)C(C)C1CCC2C3COC(=O)C4CC(O)C(O)CC4(C)C3CCC12C. The molecule has 5 N–H and O–H groups in total. The van der Waals surface area contributed by atoms with Gasteiger partial charge in [0.05, 0.1) is 36.9 Å². The second-order valence-corrected chi connectivity index (χ2v) is 13.2. The summed E-state index contributed by atoms with van der Waals surface area (Å²) >= 11 is 0. The lowest BCUT2D eigenvalue weighted by Crippen LogP contribution is -2.55. The van der Waals surface area contributed by atoms with Crippen molar-refractivity contribution in [2.45, 2.75) is 97.6 Å². The van der Waals surface area contributed by atoms with Gasteiger partial charge in [0.1, 0.15) is 0 Å². The molecule has 4 rings (SSSR count). The van der Waals surface area contributed by atoms with Crippen molar-refractivity contribution in [2.75, 3.05) is 13.2 Å². The Balaban J connectivity index is 1.56. The average molecular weight is 497 g/mol. The van der Waals surface area contributed by atoms with Crippen molar-refractivity contribution >= 4 is 5.97 Å². The van der Waals surface area contributed by atoms with E-state index in [9.17, 15) is 30.3 Å². The quantitative estimate of drug-likeness (QED) is 0.357. The number of fused-ring (bicyclic) bond motifs is 5. The molecule has 14 unspecified atom stereocenters. The number of cyclic esters (lactones) is 1. The molecule has 1 aliphatic heterocycles. The first-order chi connectivity index (χ1) is 16.4. The first-order valence-corrected chi connectivity index (χ1v) is 13.9. The highest BCUT2D eigenvalue weighted by atomic mass is 16.5. The van der Waals surface area contributed by atoms with E-state index in [0.29, 0.717) is 18.9 Å². The van der Waals surface area contributed by atoms with Gasteiger partial charge in [0.2, 0.25) is 0 Å². The largest absolute Gasteiger partial charge is 0.465 e. The number of carbonyl (C=O) groups excluding carboxylic acids is 1. The molecule has 0 bridgehead atoms. The van der Waals surface area contributed by atoms with Gasteiger partial charge >= 0.3 is 5.97 Å². The van der Waals surface area contributed by atoms with E-state index in [2.05, 4.69) is 20.8 Å². The first-order valence-electron chi connectivity index (χ1n) is 13.9. The molecular weight excluding hydrogens is 448 g/mol. The normalized spacial score (nSPS) is 47.8. The minimum absolute atomic E-state index is 0.0180. The number of carbonyl (C=O) groups is 1. The van der Waals surface area contributed by atoms with Crippen LogP contribution < -0.4 is 0 Å². The fraction of sp³-hybridized carbons (Fsp3) is 0.964. The number of hydrogen-bond acceptors (Lipinski definition) is 7. The summed E-state index contributed by atoms with van der Waals surface area (Å²) in [6.45, 7) is 10.7. The predicted octanol–water partition coefficient (Wildman–Crippen LogP) is 2.36. The lowest BCUT2D eigenvalue weighted by atomic mass is 9.48. The van der Waals surface area contributed by atoms with Crippen LogP contribution in [-0.2, 0) is 9.53 Å². The Morgan fingerprint density at radius 3 is 2.29 bits per heavy atom. The molecule has 4 aliphatic rings. The average Bonchev–Trinajstić information content (AvgIpc) is 3.14. The highest BCUT2D eigenvalue weighted by Crippen LogP contribution is 2.66. The molecule has 3 aliphatic carbocycles. The second-order valence-electron chi connectivity index (χ2n) is 13.2. The van der Waals surface area contributed by atoms with Crippen LogP contribution in [0.25, 0.3) is 0 Å². The maximum Gasteiger partial charge on any atom is 0.309 e. The van der Waals surface area contributed by atoms with Crippen LogP contribution >= 0.6 is 0 Å². The van der Waals surface area contributed by atoms with Gasteiger partial charge in [-0.05, 0) is 90.8 Å². The van der Waals surface area contributed by atoms with Crippen LogP contribution in [0, 0.1) is 58.2 Å². The summed E-state index contributed by atoms with van der Waals surface area (Å²) in [4.78, 5) is 13.0. The molecule has 0 aromatic carbocycles. The van der Waals surface area contributed by atoms with Crippen molar-refractivity contribution in [1.29, 1.82) is 0 Å². The van der Waals surface area contributed by atoms with Crippen molar-refractivity contribution in [3.05, 3.63) is 0 Å². The Labute approximate surface area is 210 Å². The second kappa shape index (κ2) is 9.86. The zero-order valence-electron chi connectivity index (χ0n) is 22.1. The minimum Gasteiger partial charge on any atom is -0.465 e. The standard InChI is InChI=1S/C28H48O7/c1-14(12-29)15(2)24(32)25(33)16(3)18-6-7-19-17-13-35-26(34)21-10-22(30)23(31)11-28(21,5)20(17)8-9-27(18,19)4/h14-25,29-33H,6-13H2,1-5H3. The highest BCUT2D eigenvalue weighted by molar-refractivity contribution is 5.74. The van der Waals surface area contributed by atoms with Crippen LogP contribution in [0.3, 0.4) is 0 Å². The third-order valence-electron chi connectivity index (χ3n) is 11.7. The summed E-state index contributed by atoms with van der Waals surface area (Å²) in [5.74, 6) is 0.0316. The molecular formula is C28H48O7. The summed E-state index contributed by atoms with van der Waals surface area (Å²) < 4.78 is 5.85. The van der Waals surface area contributed by atoms with E-state index in [1.165, 1.54) is 0 Å². The molecule has 0 radical (unpaired) electrons. The summed E-state index contributed by atoms with van der Waals surface area (Å²) in [6, 6.07) is 0. The summed E-state index contributed by atoms with van der Waals surface area (Å²) in [5, 5.41) is 52.4. The van der Waals surface area contributed by atoms with Gasteiger partial charge in [0, 0.05) is 6.61 Å². The van der Waals surface area contributed by atoms with E-state index in [4.69, 9.17) is 4.74 Å². The number of ether oxygens (including phenoxy) is 1. The zero-order valence-corrected chi connectivity index (χ0v) is 22.1. The Bertz CT molecular complexity index is 774. The maximum absolute atomic E-state index is 13.0. The third-order valence-corrected chi connectivity index (χ3v) is 11.7. The van der Waals surface area contributed by atoms with E-state index < -0.39 is 29.8 Å². The topological polar surface area (TPSA) is 127 Å². The van der Waals surface area contributed by atoms with E-state index in [-0.39, 0.29) is 65.8 Å². The summed E-state index contributed by atoms with van der Waals surface area (Å²) in [6.07, 6.45) is 1.12. The predicted molar refractivity (Wildman–Crippen MR) is 131 cm³/mol. The van der Waals surface area contributed by atoms with Gasteiger partial charge in [-0.2, -0.15) is 0 Å². The molecule has 1 saturated heterocycles. The Morgan fingerprint density at radius 1 is 0.971 bits per heavy atom. The zero-order chi connectivity index (χ0) is 25.9. The number of esters is 1. The molecule has 202 valence electrons. The monoisotopic (exact) mass is 496 g/mol. The van der Waals surface area contributed by atoms with Crippen LogP contribution in [0.1, 0.15) is 73.1 Å². The van der Waals surface area contributed by atoms with Crippen molar-refractivity contribution in [3.63, 3.8) is 0 Å². The molecule has 3 saturated carbocycles. The van der Waals surface area contributed by atoms with E-state index in [1.807, 2.05) is 13.8 Å². The summed E-state index contributed by atoms with van der Waals surface area (Å²) in [7, 11) is 0. The smallest absolute Gasteiger partial charge is 0.309 e. The maximum atomic E-state index is 13.0. The molecule has 14 atom stereocenters. The molecule has 0 spiro atoms. The lowest BCUT2D eigenvalue weighted by Gasteiger charge is -2.56. The fourth-order valence-electron chi connectivity index (χ4n) is 9.06. The van der Waals surface area contributed by atoms with Crippen molar-refractivity contribution < 1.29 is 35.1 Å². The molecule has 7 heteroatoms. The Kier molecular flexibility index (Phi) is 7.70. The van der Waals surface area contributed by atoms with Gasteiger partial charge in [0.25, 0.3) is 0 Å². The Hall–Kier alpha value is -0.730. The lowest BCUT2D eigenvalue weighted by molar-refractivity contribution is -0.162.